The quantitative estimate of drug-likeness (QED) is 0.823. The maximum Gasteiger partial charge on any atom is 0.123 e. The number of benzene rings is 1. The summed E-state index contributed by atoms with van der Waals surface area (Å²) in [4.78, 5) is 0. The van der Waals surface area contributed by atoms with Gasteiger partial charge in [-0.25, -0.2) is 4.39 Å². The molecule has 0 fully saturated rings. The number of nitrogens with two attached hydrogens (primary N) is 1. The van der Waals surface area contributed by atoms with E-state index in [0.717, 1.165) is 11.3 Å². The van der Waals surface area contributed by atoms with Gasteiger partial charge in [-0.3, -0.25) is 0 Å². The highest BCUT2D eigenvalue weighted by Crippen LogP contribution is 2.32. The molecule has 0 aliphatic rings. The van der Waals surface area contributed by atoms with Crippen LogP contribution in [0.5, 0.6) is 0 Å². The van der Waals surface area contributed by atoms with Crippen LogP contribution in [0.15, 0.2) is 24.3 Å². The first-order chi connectivity index (χ1) is 8.04. The van der Waals surface area contributed by atoms with Crippen LogP contribution in [0.1, 0.15) is 24.7 Å². The first-order valence-corrected chi connectivity index (χ1v) is 6.83. The molecule has 0 aromatic heterocycles. The maximum absolute atomic E-state index is 12.8. The molecule has 0 bridgehead atoms. The van der Waals surface area contributed by atoms with Crippen molar-refractivity contribution in [2.75, 3.05) is 12.4 Å². The van der Waals surface area contributed by atoms with Crippen LogP contribution in [0.4, 0.5) is 4.39 Å². The maximum atomic E-state index is 12.8. The normalized spacial score (nSPS) is 16.5. The molecule has 3 unspecified atom stereocenters. The largest absolute Gasteiger partial charge is 0.396 e. The molecule has 3 N–H and O–H groups in total. The van der Waals surface area contributed by atoms with Gasteiger partial charge in [0.2, 0.25) is 0 Å². The molecule has 4 heteroatoms. The molecule has 1 aromatic carbocycles. The third kappa shape index (κ3) is 4.66. The predicted octanol–water partition coefficient (Wildman–Crippen LogP) is 2.58. The molecule has 0 spiro atoms. The third-order valence-electron chi connectivity index (χ3n) is 2.55. The van der Waals surface area contributed by atoms with E-state index in [1.54, 1.807) is 23.9 Å². The molecular weight excluding hydrogens is 237 g/mol. The summed E-state index contributed by atoms with van der Waals surface area (Å²) in [6.45, 7) is 4.13. The third-order valence-corrected chi connectivity index (χ3v) is 4.37. The molecule has 0 radical (unpaired) electrons. The van der Waals surface area contributed by atoms with E-state index in [9.17, 15) is 4.39 Å². The van der Waals surface area contributed by atoms with Gasteiger partial charge in [-0.1, -0.05) is 19.1 Å². The molecular formula is C13H20FNOS. The molecule has 3 atom stereocenters. The zero-order valence-corrected chi connectivity index (χ0v) is 11.1. The van der Waals surface area contributed by atoms with Crippen LogP contribution in [0, 0.1) is 11.7 Å². The van der Waals surface area contributed by atoms with Crippen molar-refractivity contribution < 1.29 is 9.50 Å². The topological polar surface area (TPSA) is 46.2 Å². The summed E-state index contributed by atoms with van der Waals surface area (Å²) in [5.74, 6) is 0.868. The molecule has 0 aliphatic carbocycles. The fourth-order valence-electron chi connectivity index (χ4n) is 1.52. The number of halogens is 1. The van der Waals surface area contributed by atoms with Crippen molar-refractivity contribution in [1.29, 1.82) is 0 Å². The van der Waals surface area contributed by atoms with Gasteiger partial charge in [0.1, 0.15) is 5.82 Å². The first kappa shape index (κ1) is 14.5. The second-order valence-electron chi connectivity index (χ2n) is 4.45. The average Bonchev–Trinajstić information content (AvgIpc) is 2.31. The highest BCUT2D eigenvalue weighted by molar-refractivity contribution is 7.99. The van der Waals surface area contributed by atoms with E-state index in [2.05, 4.69) is 0 Å². The molecule has 1 aromatic rings. The monoisotopic (exact) mass is 257 g/mol. The first-order valence-electron chi connectivity index (χ1n) is 5.78. The number of thioether (sulfide) groups is 1. The van der Waals surface area contributed by atoms with Gasteiger partial charge in [-0.05, 0) is 36.3 Å². The van der Waals surface area contributed by atoms with Gasteiger partial charge in [0.25, 0.3) is 0 Å². The molecule has 2 nitrogen and oxygen atoms in total. The Labute approximate surface area is 106 Å². The van der Waals surface area contributed by atoms with Gasteiger partial charge in [0.15, 0.2) is 0 Å². The summed E-state index contributed by atoms with van der Waals surface area (Å²) in [6.07, 6.45) is 0. The standard InChI is InChI=1S/C13H20FNOS/c1-9(7-16)8-17-13(10(2)15)11-3-5-12(14)6-4-11/h3-6,9-10,13,16H,7-8,15H2,1-2H3. The summed E-state index contributed by atoms with van der Waals surface area (Å²) in [5.41, 5.74) is 7.00. The van der Waals surface area contributed by atoms with E-state index in [-0.39, 0.29) is 29.6 Å². The van der Waals surface area contributed by atoms with Crippen LogP contribution in [-0.4, -0.2) is 23.5 Å². The van der Waals surface area contributed by atoms with Crippen LogP contribution in [0.3, 0.4) is 0 Å². The van der Waals surface area contributed by atoms with Crippen molar-refractivity contribution in [2.45, 2.75) is 25.1 Å². The number of hydrogen-bond donors (Lipinski definition) is 2. The summed E-state index contributed by atoms with van der Waals surface area (Å²) < 4.78 is 12.8. The van der Waals surface area contributed by atoms with Gasteiger partial charge < -0.3 is 10.8 Å². The van der Waals surface area contributed by atoms with Gasteiger partial charge in [-0.15, -0.1) is 0 Å². The Balaban J connectivity index is 2.69. The second-order valence-corrected chi connectivity index (χ2v) is 5.63. The summed E-state index contributed by atoms with van der Waals surface area (Å²) in [7, 11) is 0. The fourth-order valence-corrected chi connectivity index (χ4v) is 2.82. The van der Waals surface area contributed by atoms with Gasteiger partial charge in [-0.2, -0.15) is 11.8 Å². The smallest absolute Gasteiger partial charge is 0.123 e. The lowest BCUT2D eigenvalue weighted by atomic mass is 10.1. The Hall–Kier alpha value is -0.580. The van der Waals surface area contributed by atoms with Gasteiger partial charge in [0.05, 0.1) is 0 Å². The van der Waals surface area contributed by atoms with Crippen molar-refractivity contribution in [1.82, 2.24) is 0 Å². The minimum absolute atomic E-state index is 0.00338. The molecule has 0 saturated carbocycles. The minimum Gasteiger partial charge on any atom is -0.396 e. The number of aliphatic hydroxyl groups excluding tert-OH is 1. The molecule has 0 saturated heterocycles. The van der Waals surface area contributed by atoms with Crippen LogP contribution >= 0.6 is 11.8 Å². The molecule has 0 aliphatic heterocycles. The Morgan fingerprint density at radius 2 is 1.88 bits per heavy atom. The Morgan fingerprint density at radius 3 is 2.35 bits per heavy atom. The summed E-state index contributed by atoms with van der Waals surface area (Å²) >= 11 is 1.71. The SMILES string of the molecule is CC(CO)CSC(c1ccc(F)cc1)C(C)N. The summed E-state index contributed by atoms with van der Waals surface area (Å²) in [5, 5.41) is 9.14. The second kappa shape index (κ2) is 6.99. The van der Waals surface area contributed by atoms with E-state index in [1.165, 1.54) is 12.1 Å². The molecule has 1 rings (SSSR count). The van der Waals surface area contributed by atoms with Crippen molar-refractivity contribution in [3.63, 3.8) is 0 Å². The Kier molecular flexibility index (Phi) is 5.95. The van der Waals surface area contributed by atoms with Crippen LogP contribution in [0.25, 0.3) is 0 Å². The number of rotatable bonds is 6. The van der Waals surface area contributed by atoms with Crippen LogP contribution in [-0.2, 0) is 0 Å². The van der Waals surface area contributed by atoms with Gasteiger partial charge in [0, 0.05) is 17.9 Å². The van der Waals surface area contributed by atoms with E-state index in [1.807, 2.05) is 13.8 Å². The lowest BCUT2D eigenvalue weighted by molar-refractivity contribution is 0.250. The van der Waals surface area contributed by atoms with Crippen LogP contribution < -0.4 is 5.73 Å². The minimum atomic E-state index is -0.231. The zero-order valence-electron chi connectivity index (χ0n) is 10.3. The lowest BCUT2D eigenvalue weighted by Gasteiger charge is -2.22. The van der Waals surface area contributed by atoms with Gasteiger partial charge >= 0.3 is 0 Å². The molecule has 96 valence electrons. The van der Waals surface area contributed by atoms with Crippen molar-refractivity contribution in [3.05, 3.63) is 35.6 Å². The highest BCUT2D eigenvalue weighted by Gasteiger charge is 2.17. The predicted molar refractivity (Wildman–Crippen MR) is 71.5 cm³/mol. The van der Waals surface area contributed by atoms with E-state index in [4.69, 9.17) is 10.8 Å². The number of hydrogen-bond acceptors (Lipinski definition) is 3. The highest BCUT2D eigenvalue weighted by atomic mass is 32.2. The zero-order chi connectivity index (χ0) is 12.8. The van der Waals surface area contributed by atoms with E-state index >= 15 is 0 Å². The van der Waals surface area contributed by atoms with E-state index < -0.39 is 0 Å². The van der Waals surface area contributed by atoms with E-state index in [0.29, 0.717) is 0 Å². The van der Waals surface area contributed by atoms with Crippen LogP contribution in [0.2, 0.25) is 0 Å². The fraction of sp³-hybridized carbons (Fsp3) is 0.538. The molecule has 17 heavy (non-hydrogen) atoms. The van der Waals surface area contributed by atoms with Crippen molar-refractivity contribution >= 4 is 11.8 Å². The summed E-state index contributed by atoms with van der Waals surface area (Å²) in [6, 6.07) is 6.47. The molecule has 0 amide bonds. The Bertz CT molecular complexity index is 329. The number of aliphatic hydroxyl groups is 1. The lowest BCUT2D eigenvalue weighted by Crippen LogP contribution is -2.23. The van der Waals surface area contributed by atoms with Crippen molar-refractivity contribution in [3.8, 4) is 0 Å². The average molecular weight is 257 g/mol. The van der Waals surface area contributed by atoms with Crippen molar-refractivity contribution in [2.24, 2.45) is 11.7 Å². The molecule has 0 heterocycles. The Morgan fingerprint density at radius 1 is 1.29 bits per heavy atom.